The number of hydrogen-bond donors (Lipinski definition) is 0. The second kappa shape index (κ2) is 5.02. The van der Waals surface area contributed by atoms with E-state index in [0.717, 1.165) is 10.3 Å². The number of carbonyl (C=O) groups excluding carboxylic acids is 1. The van der Waals surface area contributed by atoms with Crippen molar-refractivity contribution < 1.29 is 4.79 Å². The number of Topliss-reactive ketones (excluding diaryl/α,β-unsaturated/α-hetero) is 1. The summed E-state index contributed by atoms with van der Waals surface area (Å²) in [5, 5.41) is 0.552. The highest BCUT2D eigenvalue weighted by Crippen LogP contribution is 2.22. The molecule has 0 amide bonds. The Morgan fingerprint density at radius 2 is 2.29 bits per heavy atom. The molecule has 0 atom stereocenters. The number of carbonyl (C=O) groups is 1. The summed E-state index contributed by atoms with van der Waals surface area (Å²) < 4.78 is 2.58. The summed E-state index contributed by atoms with van der Waals surface area (Å²) in [5.41, 5.74) is 0.584. The minimum absolute atomic E-state index is 0.00586. The fourth-order valence-corrected chi connectivity index (χ4v) is 2.16. The zero-order valence-corrected chi connectivity index (χ0v) is 11.5. The van der Waals surface area contributed by atoms with E-state index >= 15 is 0 Å². The Morgan fingerprint density at radius 1 is 1.53 bits per heavy atom. The van der Waals surface area contributed by atoms with E-state index in [4.69, 9.17) is 11.6 Å². The highest BCUT2D eigenvalue weighted by Gasteiger charge is 2.13. The maximum atomic E-state index is 12.1. The smallest absolute Gasteiger partial charge is 0.171 e. The van der Waals surface area contributed by atoms with Crippen molar-refractivity contribution in [1.29, 1.82) is 0 Å². The summed E-state index contributed by atoms with van der Waals surface area (Å²) in [5.74, 6) is 0.732. The van der Waals surface area contributed by atoms with Crippen molar-refractivity contribution in [2.75, 3.05) is 0 Å². The summed E-state index contributed by atoms with van der Waals surface area (Å²) in [6.07, 6.45) is 3.76. The van der Waals surface area contributed by atoms with Gasteiger partial charge in [0.15, 0.2) is 5.78 Å². The fraction of sp³-hybridized carbons (Fsp3) is 0.167. The predicted molar refractivity (Wildman–Crippen MR) is 70.4 cm³/mol. The maximum Gasteiger partial charge on any atom is 0.171 e. The van der Waals surface area contributed by atoms with Gasteiger partial charge < -0.3 is 4.57 Å². The zero-order valence-electron chi connectivity index (χ0n) is 9.15. The average molecular weight is 314 g/mol. The van der Waals surface area contributed by atoms with Gasteiger partial charge in [-0.2, -0.15) is 0 Å². The number of benzene rings is 1. The van der Waals surface area contributed by atoms with Crippen LogP contribution in [0.1, 0.15) is 16.2 Å². The topological polar surface area (TPSA) is 34.9 Å². The third-order valence-electron chi connectivity index (χ3n) is 2.47. The third-order valence-corrected chi connectivity index (χ3v) is 3.40. The lowest BCUT2D eigenvalue weighted by atomic mass is 10.1. The zero-order chi connectivity index (χ0) is 12.4. The van der Waals surface area contributed by atoms with E-state index < -0.39 is 0 Å². The Hall–Kier alpha value is -1.13. The van der Waals surface area contributed by atoms with E-state index in [1.165, 1.54) is 0 Å². The molecule has 0 N–H and O–H groups in total. The molecule has 0 fully saturated rings. The molecule has 1 aromatic carbocycles. The minimum atomic E-state index is -0.00586. The molecule has 0 spiro atoms. The second-order valence-electron chi connectivity index (χ2n) is 3.68. The van der Waals surface area contributed by atoms with Crippen LogP contribution in [-0.2, 0) is 13.5 Å². The number of aryl methyl sites for hydroxylation is 1. The quantitative estimate of drug-likeness (QED) is 0.815. The number of halogens is 2. The van der Waals surface area contributed by atoms with Gasteiger partial charge in [0.2, 0.25) is 0 Å². The van der Waals surface area contributed by atoms with E-state index in [0.29, 0.717) is 10.6 Å². The molecule has 0 saturated heterocycles. The molecule has 0 aliphatic heterocycles. The third kappa shape index (κ3) is 2.76. The number of nitrogens with zero attached hydrogens (tertiary/aromatic N) is 2. The molecule has 17 heavy (non-hydrogen) atoms. The summed E-state index contributed by atoms with van der Waals surface area (Å²) in [6.45, 7) is 0. The summed E-state index contributed by atoms with van der Waals surface area (Å²) >= 11 is 9.23. The van der Waals surface area contributed by atoms with Crippen molar-refractivity contribution in [3.8, 4) is 0 Å². The van der Waals surface area contributed by atoms with Crippen LogP contribution >= 0.6 is 27.5 Å². The van der Waals surface area contributed by atoms with Crippen LogP contribution in [0.15, 0.2) is 35.1 Å². The van der Waals surface area contributed by atoms with Crippen molar-refractivity contribution in [3.63, 3.8) is 0 Å². The number of aromatic nitrogens is 2. The van der Waals surface area contributed by atoms with Gasteiger partial charge in [0.25, 0.3) is 0 Å². The van der Waals surface area contributed by atoms with Crippen LogP contribution in [-0.4, -0.2) is 15.3 Å². The molecule has 3 nitrogen and oxygen atoms in total. The molecule has 0 unspecified atom stereocenters. The number of hydrogen-bond acceptors (Lipinski definition) is 2. The van der Waals surface area contributed by atoms with E-state index in [1.807, 2.05) is 17.8 Å². The van der Waals surface area contributed by atoms with Gasteiger partial charge in [-0.05, 0) is 18.2 Å². The first-order valence-corrected chi connectivity index (χ1v) is 6.19. The van der Waals surface area contributed by atoms with Crippen molar-refractivity contribution in [2.45, 2.75) is 6.42 Å². The van der Waals surface area contributed by atoms with E-state index in [9.17, 15) is 4.79 Å². The van der Waals surface area contributed by atoms with Gasteiger partial charge in [0.1, 0.15) is 5.82 Å². The second-order valence-corrected chi connectivity index (χ2v) is 4.97. The van der Waals surface area contributed by atoms with E-state index in [-0.39, 0.29) is 12.2 Å². The largest absolute Gasteiger partial charge is 0.338 e. The van der Waals surface area contributed by atoms with Crippen molar-refractivity contribution in [1.82, 2.24) is 9.55 Å². The molecule has 1 aromatic heterocycles. The van der Waals surface area contributed by atoms with Crippen molar-refractivity contribution in [3.05, 3.63) is 51.5 Å². The summed E-state index contributed by atoms with van der Waals surface area (Å²) in [6, 6.07) is 5.17. The first-order valence-electron chi connectivity index (χ1n) is 5.02. The molecule has 2 rings (SSSR count). The highest BCUT2D eigenvalue weighted by molar-refractivity contribution is 9.10. The van der Waals surface area contributed by atoms with Gasteiger partial charge in [0, 0.05) is 34.5 Å². The van der Waals surface area contributed by atoms with Gasteiger partial charge in [-0.25, -0.2) is 4.98 Å². The first-order chi connectivity index (χ1) is 8.08. The minimum Gasteiger partial charge on any atom is -0.338 e. The van der Waals surface area contributed by atoms with Crippen molar-refractivity contribution >= 4 is 33.3 Å². The average Bonchev–Trinajstić information content (AvgIpc) is 2.68. The standard InChI is InChI=1S/C12H10BrClN2O/c1-16-5-4-15-12(16)7-11(17)9-6-8(14)2-3-10(9)13/h2-6H,7H2,1H3. The Morgan fingerprint density at radius 3 is 2.94 bits per heavy atom. The fourth-order valence-electron chi connectivity index (χ4n) is 1.52. The molecule has 5 heteroatoms. The van der Waals surface area contributed by atoms with Crippen LogP contribution in [0.2, 0.25) is 5.02 Å². The number of ketones is 1. The van der Waals surface area contributed by atoms with Crippen LogP contribution in [0.3, 0.4) is 0 Å². The van der Waals surface area contributed by atoms with Gasteiger partial charge in [0.05, 0.1) is 6.42 Å². The lowest BCUT2D eigenvalue weighted by molar-refractivity contribution is 0.0989. The SMILES string of the molecule is Cn1ccnc1CC(=O)c1cc(Cl)ccc1Br. The summed E-state index contributed by atoms with van der Waals surface area (Å²) in [7, 11) is 1.86. The van der Waals surface area contributed by atoms with E-state index in [1.54, 1.807) is 24.4 Å². The molecule has 0 bridgehead atoms. The van der Waals surface area contributed by atoms with Gasteiger partial charge in [-0.1, -0.05) is 27.5 Å². The predicted octanol–water partition coefficient (Wildman–Crippen LogP) is 3.26. The molecule has 0 aliphatic rings. The highest BCUT2D eigenvalue weighted by atomic mass is 79.9. The molecule has 0 aliphatic carbocycles. The molecular weight excluding hydrogens is 304 g/mol. The monoisotopic (exact) mass is 312 g/mol. The normalized spacial score (nSPS) is 10.5. The Labute approximate surface area is 113 Å². The number of rotatable bonds is 3. The van der Waals surface area contributed by atoms with Gasteiger partial charge in [-0.15, -0.1) is 0 Å². The van der Waals surface area contributed by atoms with Gasteiger partial charge in [-0.3, -0.25) is 4.79 Å². The maximum absolute atomic E-state index is 12.1. The molecule has 0 radical (unpaired) electrons. The Bertz CT molecular complexity index is 565. The lowest BCUT2D eigenvalue weighted by Crippen LogP contribution is -2.08. The number of imidazole rings is 1. The first kappa shape index (κ1) is 12.3. The molecule has 88 valence electrons. The van der Waals surface area contributed by atoms with Crippen LogP contribution < -0.4 is 0 Å². The Balaban J connectivity index is 2.26. The molecular formula is C12H10BrClN2O. The molecule has 2 aromatic rings. The van der Waals surface area contributed by atoms with Crippen LogP contribution in [0.4, 0.5) is 0 Å². The van der Waals surface area contributed by atoms with Crippen LogP contribution in [0, 0.1) is 0 Å². The summed E-state index contributed by atoms with van der Waals surface area (Å²) in [4.78, 5) is 16.2. The van der Waals surface area contributed by atoms with E-state index in [2.05, 4.69) is 20.9 Å². The van der Waals surface area contributed by atoms with Crippen LogP contribution in [0.5, 0.6) is 0 Å². The van der Waals surface area contributed by atoms with Crippen molar-refractivity contribution in [2.24, 2.45) is 7.05 Å². The molecule has 0 saturated carbocycles. The Kier molecular flexibility index (Phi) is 3.64. The van der Waals surface area contributed by atoms with Crippen LogP contribution in [0.25, 0.3) is 0 Å². The van der Waals surface area contributed by atoms with Gasteiger partial charge >= 0.3 is 0 Å². The molecule has 1 heterocycles. The lowest BCUT2D eigenvalue weighted by Gasteiger charge is -2.04.